The van der Waals surface area contributed by atoms with Crippen LogP contribution in [0, 0.1) is 5.92 Å². The summed E-state index contributed by atoms with van der Waals surface area (Å²) >= 11 is 0. The molecule has 1 saturated carbocycles. The number of amides is 1. The molecule has 0 aliphatic heterocycles. The molecule has 4 heteroatoms. The molecule has 4 nitrogen and oxygen atoms in total. The number of benzene rings is 1. The zero-order valence-corrected chi connectivity index (χ0v) is 14.3. The highest BCUT2D eigenvalue weighted by atomic mass is 16.5. The third-order valence-corrected chi connectivity index (χ3v) is 4.96. The summed E-state index contributed by atoms with van der Waals surface area (Å²) in [5, 5.41) is 13.0. The van der Waals surface area contributed by atoms with Crippen molar-refractivity contribution >= 4 is 5.91 Å². The number of hydrogen-bond donors (Lipinski definition) is 2. The van der Waals surface area contributed by atoms with Gasteiger partial charge in [0.2, 0.25) is 5.91 Å². The van der Waals surface area contributed by atoms with Gasteiger partial charge in [-0.3, -0.25) is 4.79 Å². The van der Waals surface area contributed by atoms with Crippen LogP contribution in [0.1, 0.15) is 56.9 Å². The van der Waals surface area contributed by atoms with Gasteiger partial charge in [-0.25, -0.2) is 0 Å². The van der Waals surface area contributed by atoms with E-state index in [0.29, 0.717) is 18.9 Å². The number of aliphatic hydroxyl groups is 1. The topological polar surface area (TPSA) is 58.6 Å². The first-order chi connectivity index (χ1) is 11.1. The highest BCUT2D eigenvalue weighted by Gasteiger charge is 2.23. The molecule has 2 unspecified atom stereocenters. The predicted octanol–water partition coefficient (Wildman–Crippen LogP) is 3.25. The van der Waals surface area contributed by atoms with Crippen LogP contribution in [0.2, 0.25) is 0 Å². The molecule has 0 radical (unpaired) electrons. The summed E-state index contributed by atoms with van der Waals surface area (Å²) in [7, 11) is 1.65. The second kappa shape index (κ2) is 8.92. The Bertz CT molecular complexity index is 480. The summed E-state index contributed by atoms with van der Waals surface area (Å²) in [4.78, 5) is 12.2. The lowest BCUT2D eigenvalue weighted by Gasteiger charge is -2.20. The van der Waals surface area contributed by atoms with Gasteiger partial charge in [-0.2, -0.15) is 0 Å². The van der Waals surface area contributed by atoms with Crippen LogP contribution in [0.4, 0.5) is 0 Å². The molecule has 1 aromatic carbocycles. The Kier molecular flexibility index (Phi) is 6.90. The fourth-order valence-corrected chi connectivity index (χ4v) is 3.40. The molecule has 1 aromatic rings. The number of carbonyl (C=O) groups is 1. The van der Waals surface area contributed by atoms with Crippen molar-refractivity contribution in [3.63, 3.8) is 0 Å². The molecule has 0 spiro atoms. The van der Waals surface area contributed by atoms with Crippen LogP contribution in [0.5, 0.6) is 5.75 Å². The zero-order valence-electron chi connectivity index (χ0n) is 14.3. The second-order valence-electron chi connectivity index (χ2n) is 6.50. The maximum absolute atomic E-state index is 12.2. The lowest BCUT2D eigenvalue weighted by Crippen LogP contribution is -2.36. The molecular weight excluding hydrogens is 290 g/mol. The van der Waals surface area contributed by atoms with Gasteiger partial charge in [0, 0.05) is 13.0 Å². The Morgan fingerprint density at radius 1 is 1.30 bits per heavy atom. The Labute approximate surface area is 139 Å². The lowest BCUT2D eigenvalue weighted by atomic mass is 9.92. The zero-order chi connectivity index (χ0) is 16.7. The average molecular weight is 319 g/mol. The number of nitrogens with one attached hydrogen (secondary N) is 1. The smallest absolute Gasteiger partial charge is 0.220 e. The van der Waals surface area contributed by atoms with E-state index in [1.54, 1.807) is 7.11 Å². The molecule has 1 amide bonds. The molecule has 2 rings (SSSR count). The van der Waals surface area contributed by atoms with E-state index < -0.39 is 6.10 Å². The number of methoxy groups -OCH3 is 1. The normalized spacial score (nSPS) is 17.7. The van der Waals surface area contributed by atoms with E-state index >= 15 is 0 Å². The van der Waals surface area contributed by atoms with Crippen molar-refractivity contribution in [1.29, 1.82) is 0 Å². The van der Waals surface area contributed by atoms with Crippen LogP contribution >= 0.6 is 0 Å². The maximum Gasteiger partial charge on any atom is 0.220 e. The lowest BCUT2D eigenvalue weighted by molar-refractivity contribution is -0.122. The molecule has 23 heavy (non-hydrogen) atoms. The molecule has 0 aromatic heterocycles. The number of hydrogen-bond acceptors (Lipinski definition) is 3. The predicted molar refractivity (Wildman–Crippen MR) is 91.6 cm³/mol. The summed E-state index contributed by atoms with van der Waals surface area (Å²) in [6, 6.07) is 7.90. The Balaban J connectivity index is 1.81. The molecule has 2 N–H and O–H groups in total. The van der Waals surface area contributed by atoms with Crippen molar-refractivity contribution in [3.8, 4) is 5.75 Å². The molecule has 2 atom stereocenters. The van der Waals surface area contributed by atoms with Gasteiger partial charge in [0.1, 0.15) is 5.75 Å². The van der Waals surface area contributed by atoms with Crippen LogP contribution < -0.4 is 10.1 Å². The summed E-state index contributed by atoms with van der Waals surface area (Å²) in [6.07, 6.45) is 5.53. The molecule has 128 valence electrons. The van der Waals surface area contributed by atoms with Crippen molar-refractivity contribution in [2.45, 2.75) is 57.5 Å². The van der Waals surface area contributed by atoms with E-state index in [0.717, 1.165) is 30.6 Å². The standard InChI is InChI=1S/C19H29NO3/c1-3-14(15-8-10-17(23-2)11-9-15)12-19(22)20-13-18(21)16-6-4-5-7-16/h8-11,14,16,18,21H,3-7,12-13H2,1-2H3,(H,20,22). The van der Waals surface area contributed by atoms with Crippen molar-refractivity contribution in [2.75, 3.05) is 13.7 Å². The first kappa shape index (κ1) is 17.8. The fourth-order valence-electron chi connectivity index (χ4n) is 3.40. The second-order valence-corrected chi connectivity index (χ2v) is 6.50. The van der Waals surface area contributed by atoms with Crippen LogP contribution in [0.3, 0.4) is 0 Å². The Morgan fingerprint density at radius 3 is 2.52 bits per heavy atom. The SMILES string of the molecule is CCC(CC(=O)NCC(O)C1CCCC1)c1ccc(OC)cc1. The van der Waals surface area contributed by atoms with Gasteiger partial charge in [0.15, 0.2) is 0 Å². The number of carbonyl (C=O) groups excluding carboxylic acids is 1. The van der Waals surface area contributed by atoms with Crippen LogP contribution in [0.25, 0.3) is 0 Å². The fraction of sp³-hybridized carbons (Fsp3) is 0.632. The quantitative estimate of drug-likeness (QED) is 0.773. The van der Waals surface area contributed by atoms with E-state index in [2.05, 4.69) is 12.2 Å². The van der Waals surface area contributed by atoms with Crippen molar-refractivity contribution in [1.82, 2.24) is 5.32 Å². The van der Waals surface area contributed by atoms with Crippen LogP contribution in [0.15, 0.2) is 24.3 Å². The van der Waals surface area contributed by atoms with Gasteiger partial charge >= 0.3 is 0 Å². The summed E-state index contributed by atoms with van der Waals surface area (Å²) in [6.45, 7) is 2.47. The monoisotopic (exact) mass is 319 g/mol. The van der Waals surface area contributed by atoms with Gasteiger partial charge in [-0.1, -0.05) is 31.9 Å². The third-order valence-electron chi connectivity index (χ3n) is 4.96. The van der Waals surface area contributed by atoms with E-state index in [1.807, 2.05) is 24.3 Å². The molecule has 1 fully saturated rings. The first-order valence-corrected chi connectivity index (χ1v) is 8.72. The maximum atomic E-state index is 12.2. The van der Waals surface area contributed by atoms with Gasteiger partial charge < -0.3 is 15.2 Å². The summed E-state index contributed by atoms with van der Waals surface area (Å²) in [5.41, 5.74) is 1.15. The van der Waals surface area contributed by atoms with E-state index in [4.69, 9.17) is 4.74 Å². The minimum atomic E-state index is -0.400. The van der Waals surface area contributed by atoms with E-state index in [1.165, 1.54) is 12.8 Å². The van der Waals surface area contributed by atoms with Crippen molar-refractivity contribution in [2.24, 2.45) is 5.92 Å². The highest BCUT2D eigenvalue weighted by molar-refractivity contribution is 5.76. The van der Waals surface area contributed by atoms with E-state index in [9.17, 15) is 9.90 Å². The van der Waals surface area contributed by atoms with Gasteiger partial charge in [0.25, 0.3) is 0 Å². The molecule has 0 saturated heterocycles. The minimum absolute atomic E-state index is 0.0183. The van der Waals surface area contributed by atoms with Crippen LogP contribution in [-0.4, -0.2) is 30.8 Å². The molecular formula is C19H29NO3. The molecule has 0 bridgehead atoms. The molecule has 1 aliphatic carbocycles. The van der Waals surface area contributed by atoms with Crippen LogP contribution in [-0.2, 0) is 4.79 Å². The number of ether oxygens (including phenoxy) is 1. The number of rotatable bonds is 8. The van der Waals surface area contributed by atoms with Gasteiger partial charge in [-0.05, 0) is 48.8 Å². The van der Waals surface area contributed by atoms with E-state index in [-0.39, 0.29) is 11.8 Å². The highest BCUT2D eigenvalue weighted by Crippen LogP contribution is 2.28. The number of aliphatic hydroxyl groups excluding tert-OH is 1. The molecule has 0 heterocycles. The summed E-state index contributed by atoms with van der Waals surface area (Å²) < 4.78 is 5.17. The first-order valence-electron chi connectivity index (χ1n) is 8.72. The minimum Gasteiger partial charge on any atom is -0.497 e. The average Bonchev–Trinajstić information content (AvgIpc) is 3.12. The van der Waals surface area contributed by atoms with Gasteiger partial charge in [0.05, 0.1) is 13.2 Å². The summed E-state index contributed by atoms with van der Waals surface area (Å²) in [5.74, 6) is 1.40. The third kappa shape index (κ3) is 5.24. The Hall–Kier alpha value is -1.55. The molecule has 1 aliphatic rings. The largest absolute Gasteiger partial charge is 0.497 e. The van der Waals surface area contributed by atoms with Crippen molar-refractivity contribution in [3.05, 3.63) is 29.8 Å². The van der Waals surface area contributed by atoms with Gasteiger partial charge in [-0.15, -0.1) is 0 Å². The Morgan fingerprint density at radius 2 is 1.96 bits per heavy atom. The van der Waals surface area contributed by atoms with Crippen molar-refractivity contribution < 1.29 is 14.6 Å².